The van der Waals surface area contributed by atoms with Gasteiger partial charge in [0.15, 0.2) is 0 Å². The lowest BCUT2D eigenvalue weighted by Gasteiger charge is -2.08. The molecule has 4 aromatic carbocycles. The largest absolute Gasteiger partial charge is 0.380 e. The number of aromatic amines is 2. The molecule has 0 fully saturated rings. The first kappa shape index (κ1) is 30.5. The average molecular weight is 659 g/mol. The lowest BCUT2D eigenvalue weighted by molar-refractivity contribution is 0.185. The molecule has 2 N–H and O–H groups in total. The number of nitrogens with zero attached hydrogens (tertiary/aromatic N) is 2. The average Bonchev–Trinajstić information content (AvgIpc) is 4.02. The highest BCUT2D eigenvalue weighted by atomic mass is 16.5. The molecule has 2 aliphatic heterocycles. The van der Waals surface area contributed by atoms with Gasteiger partial charge in [0.05, 0.1) is 29.4 Å². The van der Waals surface area contributed by atoms with Crippen LogP contribution >= 0.6 is 0 Å². The first-order chi connectivity index (χ1) is 25.2. The van der Waals surface area contributed by atoms with E-state index >= 15 is 0 Å². The third-order valence-electron chi connectivity index (χ3n) is 9.49. The Morgan fingerprint density at radius 2 is 0.745 bits per heavy atom. The van der Waals surface area contributed by atoms with Crippen molar-refractivity contribution < 1.29 is 4.74 Å². The second-order valence-corrected chi connectivity index (χ2v) is 12.7. The monoisotopic (exact) mass is 658 g/mol. The van der Waals surface area contributed by atoms with Crippen molar-refractivity contribution in [2.24, 2.45) is 0 Å². The van der Waals surface area contributed by atoms with Crippen molar-refractivity contribution in [3.63, 3.8) is 0 Å². The van der Waals surface area contributed by atoms with Gasteiger partial charge in [-0.3, -0.25) is 0 Å². The lowest BCUT2D eigenvalue weighted by atomic mass is 10.0. The van der Waals surface area contributed by atoms with Crippen LogP contribution in [0.3, 0.4) is 0 Å². The van der Waals surface area contributed by atoms with Crippen LogP contribution < -0.4 is 0 Å². The lowest BCUT2D eigenvalue weighted by Crippen LogP contribution is -1.92. The van der Waals surface area contributed by atoms with E-state index in [1.165, 1.54) is 0 Å². The first-order valence-electron chi connectivity index (χ1n) is 17.1. The number of aromatic nitrogens is 4. The Balaban J connectivity index is 1.45. The third-order valence-corrected chi connectivity index (χ3v) is 9.49. The Morgan fingerprint density at radius 1 is 0.392 bits per heavy atom. The van der Waals surface area contributed by atoms with Crippen LogP contribution in [0.5, 0.6) is 0 Å². The quantitative estimate of drug-likeness (QED) is 0.187. The van der Waals surface area contributed by atoms with Crippen molar-refractivity contribution in [3.8, 4) is 44.5 Å². The Kier molecular flexibility index (Phi) is 7.80. The second-order valence-electron chi connectivity index (χ2n) is 12.7. The number of hydrogen-bond donors (Lipinski definition) is 2. The molecule has 0 aliphatic carbocycles. The molecule has 7 aromatic rings. The molecule has 244 valence electrons. The number of fused-ring (bicyclic) bond motifs is 8. The van der Waals surface area contributed by atoms with Crippen LogP contribution in [0.4, 0.5) is 0 Å². The van der Waals surface area contributed by atoms with Gasteiger partial charge in [0.2, 0.25) is 0 Å². The van der Waals surface area contributed by atoms with Crippen LogP contribution in [-0.4, -0.2) is 27.0 Å². The maximum atomic E-state index is 5.41. The zero-order valence-corrected chi connectivity index (χ0v) is 28.1. The van der Waals surface area contributed by atoms with Gasteiger partial charge < -0.3 is 14.7 Å². The number of benzene rings is 4. The Bertz CT molecular complexity index is 2480. The maximum Gasteiger partial charge on any atom is 0.0738 e. The predicted octanol–water partition coefficient (Wildman–Crippen LogP) is 11.5. The van der Waals surface area contributed by atoms with Gasteiger partial charge in [-0.25, -0.2) is 9.97 Å². The van der Waals surface area contributed by atoms with Gasteiger partial charge in [-0.2, -0.15) is 0 Å². The number of rotatable bonds is 6. The molecule has 5 heteroatoms. The van der Waals surface area contributed by atoms with Crippen molar-refractivity contribution in [2.45, 2.75) is 6.61 Å². The topological polar surface area (TPSA) is 66.6 Å². The molecule has 51 heavy (non-hydrogen) atoms. The first-order valence-corrected chi connectivity index (χ1v) is 17.1. The molecule has 0 atom stereocenters. The number of H-pyrrole nitrogens is 2. The summed E-state index contributed by atoms with van der Waals surface area (Å²) in [7, 11) is 1.72. The van der Waals surface area contributed by atoms with Crippen LogP contribution in [-0.2, 0) is 11.3 Å². The van der Waals surface area contributed by atoms with E-state index < -0.39 is 0 Å². The van der Waals surface area contributed by atoms with Crippen molar-refractivity contribution in [2.75, 3.05) is 7.11 Å². The van der Waals surface area contributed by atoms with Crippen LogP contribution in [0.25, 0.3) is 90.9 Å². The highest BCUT2D eigenvalue weighted by Crippen LogP contribution is 2.38. The van der Waals surface area contributed by atoms with Crippen molar-refractivity contribution in [3.05, 3.63) is 168 Å². The molecule has 5 nitrogen and oxygen atoms in total. The van der Waals surface area contributed by atoms with Crippen LogP contribution in [0.1, 0.15) is 28.3 Å². The summed E-state index contributed by atoms with van der Waals surface area (Å²) in [4.78, 5) is 18.4. The van der Waals surface area contributed by atoms with Gasteiger partial charge >= 0.3 is 0 Å². The Hall–Kier alpha value is -6.56. The summed E-state index contributed by atoms with van der Waals surface area (Å²) in [6.45, 7) is 0.553. The molecular weight excluding hydrogens is 625 g/mol. The SMILES string of the molecule is COCc1ccc(-c2c3nc(c(-c4ccccc4)c4ccc([nH]4)c(-c4ccccc4)c4ccc([nH]4)c(-c4ccccc4)c4nc2C=C4)C=C3)cc1. The van der Waals surface area contributed by atoms with E-state index in [-0.39, 0.29) is 0 Å². The molecule has 0 radical (unpaired) electrons. The van der Waals surface area contributed by atoms with Crippen LogP contribution in [0.2, 0.25) is 0 Å². The van der Waals surface area contributed by atoms with Crippen molar-refractivity contribution >= 4 is 46.4 Å². The van der Waals surface area contributed by atoms with E-state index in [1.807, 2.05) is 12.1 Å². The summed E-state index contributed by atoms with van der Waals surface area (Å²) in [5.41, 5.74) is 17.1. The van der Waals surface area contributed by atoms with Gasteiger partial charge in [0, 0.05) is 51.4 Å². The smallest absolute Gasteiger partial charge is 0.0738 e. The summed E-state index contributed by atoms with van der Waals surface area (Å²) in [6, 6.07) is 48.7. The minimum absolute atomic E-state index is 0.553. The van der Waals surface area contributed by atoms with E-state index in [2.05, 4.69) is 162 Å². The highest BCUT2D eigenvalue weighted by molar-refractivity contribution is 6.00. The zero-order valence-electron chi connectivity index (χ0n) is 28.1. The van der Waals surface area contributed by atoms with Crippen molar-refractivity contribution in [1.82, 2.24) is 19.9 Å². The molecule has 0 amide bonds. The fraction of sp³-hybridized carbons (Fsp3) is 0.0435. The van der Waals surface area contributed by atoms with E-state index in [9.17, 15) is 0 Å². The predicted molar refractivity (Wildman–Crippen MR) is 211 cm³/mol. The fourth-order valence-corrected chi connectivity index (χ4v) is 7.17. The fourth-order valence-electron chi connectivity index (χ4n) is 7.17. The molecule has 0 saturated heterocycles. The summed E-state index contributed by atoms with van der Waals surface area (Å²) in [5.74, 6) is 0. The molecule has 8 bridgehead atoms. The molecule has 2 aliphatic rings. The third kappa shape index (κ3) is 5.70. The van der Waals surface area contributed by atoms with E-state index in [0.29, 0.717) is 6.61 Å². The number of methoxy groups -OCH3 is 1. The van der Waals surface area contributed by atoms with Gasteiger partial charge in [0.25, 0.3) is 0 Å². The number of ether oxygens (including phenoxy) is 1. The van der Waals surface area contributed by atoms with Gasteiger partial charge in [-0.1, -0.05) is 115 Å². The van der Waals surface area contributed by atoms with Crippen molar-refractivity contribution in [1.29, 1.82) is 0 Å². The summed E-state index contributed by atoms with van der Waals surface area (Å²) >= 11 is 0. The normalized spacial score (nSPS) is 12.0. The maximum absolute atomic E-state index is 5.41. The molecule has 0 unspecified atom stereocenters. The molecule has 3 aromatic heterocycles. The summed E-state index contributed by atoms with van der Waals surface area (Å²) in [6.07, 6.45) is 8.49. The van der Waals surface area contributed by atoms with E-state index in [0.717, 1.165) is 94.9 Å². The molecule has 0 spiro atoms. The van der Waals surface area contributed by atoms with Crippen LogP contribution in [0.15, 0.2) is 140 Å². The molecular formula is C46H34N4O. The molecule has 9 rings (SSSR count). The minimum atomic E-state index is 0.553. The Labute approximate surface area is 296 Å². The Morgan fingerprint density at radius 3 is 1.16 bits per heavy atom. The van der Waals surface area contributed by atoms with Gasteiger partial charge in [0.1, 0.15) is 0 Å². The highest BCUT2D eigenvalue weighted by Gasteiger charge is 2.19. The number of nitrogens with one attached hydrogen (secondary N) is 2. The minimum Gasteiger partial charge on any atom is -0.380 e. The zero-order chi connectivity index (χ0) is 34.1. The number of hydrogen-bond acceptors (Lipinski definition) is 3. The van der Waals surface area contributed by atoms with E-state index in [1.54, 1.807) is 7.11 Å². The standard InChI is InChI=1S/C46H34N4O/c1-51-29-30-17-19-34(20-18-30)46-41-27-25-39(49-41)44(32-13-7-3-8-14-32)37-23-21-35(47-37)43(31-11-5-2-6-12-31)36-22-24-38(48-36)45(33-15-9-4-10-16-33)40-26-28-42(46)50-40/h2-28,47-48H,29H2,1H3. The molecule has 5 heterocycles. The van der Waals surface area contributed by atoms with Crippen LogP contribution in [0, 0.1) is 0 Å². The van der Waals surface area contributed by atoms with Gasteiger partial charge in [-0.15, -0.1) is 0 Å². The summed E-state index contributed by atoms with van der Waals surface area (Å²) in [5, 5.41) is 0. The second kappa shape index (κ2) is 13.0. The van der Waals surface area contributed by atoms with E-state index in [4.69, 9.17) is 14.7 Å². The summed E-state index contributed by atoms with van der Waals surface area (Å²) < 4.78 is 5.41. The molecule has 0 saturated carbocycles. The van der Waals surface area contributed by atoms with Gasteiger partial charge in [-0.05, 0) is 76.4 Å².